The van der Waals surface area contributed by atoms with Crippen LogP contribution in [0.4, 0.5) is 5.82 Å². The molecule has 42 heavy (non-hydrogen) atoms. The molecule has 6 heterocycles. The molecule has 0 aliphatic carbocycles. The second-order valence-electron chi connectivity index (χ2n) is 10.9. The van der Waals surface area contributed by atoms with Gasteiger partial charge in [0.1, 0.15) is 11.9 Å². The Morgan fingerprint density at radius 1 is 1.17 bits per heavy atom. The smallest absolute Gasteiger partial charge is 0.251 e. The van der Waals surface area contributed by atoms with Crippen molar-refractivity contribution in [2.24, 2.45) is 0 Å². The Kier molecular flexibility index (Phi) is 7.93. The molecule has 0 spiro atoms. The summed E-state index contributed by atoms with van der Waals surface area (Å²) in [7, 11) is 0. The van der Waals surface area contributed by atoms with E-state index in [2.05, 4.69) is 36.1 Å². The number of aliphatic hydroxyl groups excluding tert-OH is 1. The molecular weight excluding hydrogens is 552 g/mol. The number of carbonyl (C=O) groups is 2. The van der Waals surface area contributed by atoms with Crippen LogP contribution in [0.5, 0.6) is 0 Å². The predicted molar refractivity (Wildman–Crippen MR) is 163 cm³/mol. The summed E-state index contributed by atoms with van der Waals surface area (Å²) in [5, 5.41) is 19.3. The van der Waals surface area contributed by atoms with Gasteiger partial charge >= 0.3 is 0 Å². The van der Waals surface area contributed by atoms with Crippen molar-refractivity contribution in [2.75, 3.05) is 44.2 Å². The van der Waals surface area contributed by atoms with E-state index in [-0.39, 0.29) is 23.9 Å². The Bertz CT molecular complexity index is 1580. The molecule has 2 fully saturated rings. The SMILES string of the molecule is CCN(CC)[C@@H](C)CNC(=O)c1cc(-c2cnn3ccc(-c4cccs4)nc23)nc(N2CC[C@H]2C(=O)N2CC(O)C2)c1. The number of aromatic nitrogens is 4. The maximum Gasteiger partial charge on any atom is 0.251 e. The quantitative estimate of drug-likeness (QED) is 0.290. The van der Waals surface area contributed by atoms with Crippen LogP contribution >= 0.6 is 11.3 Å². The Morgan fingerprint density at radius 3 is 2.64 bits per heavy atom. The molecule has 0 saturated carbocycles. The van der Waals surface area contributed by atoms with Gasteiger partial charge in [-0.3, -0.25) is 14.5 Å². The first-order valence-corrected chi connectivity index (χ1v) is 15.4. The van der Waals surface area contributed by atoms with Crippen LogP contribution < -0.4 is 10.2 Å². The number of nitrogens with zero attached hydrogens (tertiary/aromatic N) is 7. The first kappa shape index (κ1) is 28.3. The van der Waals surface area contributed by atoms with Crippen LogP contribution in [0.2, 0.25) is 0 Å². The number of rotatable bonds is 10. The maximum atomic E-state index is 13.5. The normalized spacial score (nSPS) is 17.8. The van der Waals surface area contributed by atoms with Crippen LogP contribution in [0.25, 0.3) is 27.5 Å². The van der Waals surface area contributed by atoms with Gasteiger partial charge in [-0.15, -0.1) is 11.3 Å². The van der Waals surface area contributed by atoms with Gasteiger partial charge < -0.3 is 20.2 Å². The Balaban J connectivity index is 1.35. The van der Waals surface area contributed by atoms with Crippen LogP contribution in [0.3, 0.4) is 0 Å². The zero-order valence-electron chi connectivity index (χ0n) is 24.1. The molecule has 0 aromatic carbocycles. The minimum atomic E-state index is -0.458. The van der Waals surface area contributed by atoms with E-state index in [1.54, 1.807) is 39.1 Å². The molecule has 2 N–H and O–H groups in total. The van der Waals surface area contributed by atoms with Gasteiger partial charge in [0, 0.05) is 44.0 Å². The van der Waals surface area contributed by atoms with Gasteiger partial charge in [-0.1, -0.05) is 19.9 Å². The summed E-state index contributed by atoms with van der Waals surface area (Å²) in [5.41, 5.74) is 3.21. The number of hydrogen-bond donors (Lipinski definition) is 2. The maximum absolute atomic E-state index is 13.5. The summed E-state index contributed by atoms with van der Waals surface area (Å²) in [6.45, 7) is 10.0. The minimum absolute atomic E-state index is 0.0176. The lowest BCUT2D eigenvalue weighted by atomic mass is 9.98. The monoisotopic (exact) mass is 588 g/mol. The van der Waals surface area contributed by atoms with Crippen molar-refractivity contribution in [2.45, 2.75) is 45.4 Å². The highest BCUT2D eigenvalue weighted by Crippen LogP contribution is 2.33. The van der Waals surface area contributed by atoms with Crippen molar-refractivity contribution < 1.29 is 14.7 Å². The summed E-state index contributed by atoms with van der Waals surface area (Å²) in [5.74, 6) is 0.349. The number of aliphatic hydroxyl groups is 1. The summed E-state index contributed by atoms with van der Waals surface area (Å²) in [6, 6.07) is 9.31. The average molecular weight is 589 g/mol. The Morgan fingerprint density at radius 2 is 1.98 bits per heavy atom. The number of likely N-dealkylation sites (tertiary alicyclic amines) is 1. The van der Waals surface area contributed by atoms with Crippen LogP contribution in [0.15, 0.2) is 48.1 Å². The van der Waals surface area contributed by atoms with E-state index < -0.39 is 6.10 Å². The Hall–Kier alpha value is -3.87. The van der Waals surface area contributed by atoms with Gasteiger partial charge in [0.2, 0.25) is 5.91 Å². The first-order chi connectivity index (χ1) is 20.4. The summed E-state index contributed by atoms with van der Waals surface area (Å²) in [4.78, 5) is 43.5. The highest BCUT2D eigenvalue weighted by atomic mass is 32.1. The van der Waals surface area contributed by atoms with Gasteiger partial charge in [0.15, 0.2) is 5.65 Å². The number of carbonyl (C=O) groups excluding carboxylic acids is 2. The molecule has 220 valence electrons. The number of fused-ring (bicyclic) bond motifs is 1. The number of anilines is 1. The van der Waals surface area contributed by atoms with E-state index in [0.717, 1.165) is 23.7 Å². The molecule has 2 aliphatic heterocycles. The number of β-amino-alcohol motifs (C(OH)–C–C–N with tert-alkyl or cyclic N) is 1. The fraction of sp³-hybridized carbons (Fsp3) is 0.433. The molecule has 2 atom stereocenters. The topological polar surface area (TPSA) is 119 Å². The van der Waals surface area contributed by atoms with Crippen molar-refractivity contribution in [1.29, 1.82) is 0 Å². The fourth-order valence-corrected chi connectivity index (χ4v) is 6.32. The fourth-order valence-electron chi connectivity index (χ4n) is 5.63. The molecule has 4 aromatic rings. The lowest BCUT2D eigenvalue weighted by Crippen LogP contribution is -2.63. The van der Waals surface area contributed by atoms with Crippen molar-refractivity contribution in [1.82, 2.24) is 34.7 Å². The lowest BCUT2D eigenvalue weighted by molar-refractivity contribution is -0.144. The average Bonchev–Trinajstić information content (AvgIpc) is 3.64. The number of amides is 2. The molecule has 6 rings (SSSR count). The second kappa shape index (κ2) is 11.8. The molecule has 0 unspecified atom stereocenters. The van der Waals surface area contributed by atoms with Crippen molar-refractivity contribution in [3.05, 3.63) is 53.7 Å². The first-order valence-electron chi connectivity index (χ1n) is 14.5. The van der Waals surface area contributed by atoms with Crippen molar-refractivity contribution in [3.63, 3.8) is 0 Å². The van der Waals surface area contributed by atoms with E-state index in [4.69, 9.17) is 9.97 Å². The van der Waals surface area contributed by atoms with E-state index in [1.807, 2.05) is 34.7 Å². The minimum Gasteiger partial charge on any atom is -0.389 e. The lowest BCUT2D eigenvalue weighted by Gasteiger charge is -2.46. The summed E-state index contributed by atoms with van der Waals surface area (Å²) in [6.07, 6.45) is 3.83. The molecule has 0 radical (unpaired) electrons. The molecule has 2 aliphatic rings. The zero-order chi connectivity index (χ0) is 29.4. The number of pyridine rings is 1. The van der Waals surface area contributed by atoms with Gasteiger partial charge in [-0.2, -0.15) is 5.10 Å². The summed E-state index contributed by atoms with van der Waals surface area (Å²) < 4.78 is 1.71. The number of likely N-dealkylation sites (N-methyl/N-ethyl adjacent to an activating group) is 1. The van der Waals surface area contributed by atoms with Crippen LogP contribution in [0, 0.1) is 0 Å². The van der Waals surface area contributed by atoms with Crippen LogP contribution in [0.1, 0.15) is 37.6 Å². The van der Waals surface area contributed by atoms with E-state index >= 15 is 0 Å². The molecular formula is C30H36N8O3S. The molecule has 0 bridgehead atoms. The second-order valence-corrected chi connectivity index (χ2v) is 11.8. The van der Waals surface area contributed by atoms with Gasteiger partial charge in [-0.25, -0.2) is 14.5 Å². The third kappa shape index (κ3) is 5.37. The summed E-state index contributed by atoms with van der Waals surface area (Å²) >= 11 is 1.61. The van der Waals surface area contributed by atoms with E-state index in [1.165, 1.54) is 0 Å². The van der Waals surface area contributed by atoms with Crippen molar-refractivity contribution >= 4 is 34.6 Å². The molecule has 12 heteroatoms. The van der Waals surface area contributed by atoms with Gasteiger partial charge in [0.05, 0.1) is 34.1 Å². The highest BCUT2D eigenvalue weighted by molar-refractivity contribution is 7.13. The number of nitrogens with one attached hydrogen (secondary N) is 1. The third-order valence-corrected chi connectivity index (χ3v) is 9.15. The third-order valence-electron chi connectivity index (χ3n) is 8.26. The molecule has 2 saturated heterocycles. The van der Waals surface area contributed by atoms with E-state index in [0.29, 0.717) is 60.9 Å². The van der Waals surface area contributed by atoms with Crippen molar-refractivity contribution in [3.8, 4) is 21.8 Å². The molecule has 4 aromatic heterocycles. The zero-order valence-corrected chi connectivity index (χ0v) is 24.9. The standard InChI is InChI=1S/C30H36N8O3S/c1-4-35(5-2)19(3)15-31-29(40)20-13-24(22-16-32-38-11-8-23(34-28(22)38)26-7-6-12-42-26)33-27(14-20)37-10-9-25(37)30(41)36-17-21(39)18-36/h6-8,11-14,16,19,21,25,39H,4-5,9-10,15,17-18H2,1-3H3,(H,31,40)/t19-,25-/m0/s1. The van der Waals surface area contributed by atoms with Crippen LogP contribution in [-0.4, -0.2) is 104 Å². The largest absolute Gasteiger partial charge is 0.389 e. The predicted octanol–water partition coefficient (Wildman–Crippen LogP) is 2.76. The highest BCUT2D eigenvalue weighted by Gasteiger charge is 2.41. The van der Waals surface area contributed by atoms with Gasteiger partial charge in [-0.05, 0) is 56.1 Å². The van der Waals surface area contributed by atoms with E-state index in [9.17, 15) is 14.7 Å². The molecule has 11 nitrogen and oxygen atoms in total. The Labute approximate surface area is 248 Å². The number of hydrogen-bond acceptors (Lipinski definition) is 9. The van der Waals surface area contributed by atoms with Gasteiger partial charge in [0.25, 0.3) is 5.91 Å². The molecule has 2 amide bonds. The van der Waals surface area contributed by atoms with Crippen LogP contribution in [-0.2, 0) is 4.79 Å². The number of thiophene rings is 1.